The predicted octanol–water partition coefficient (Wildman–Crippen LogP) is 9.35. The molecule has 0 spiro atoms. The molecule has 438 valence electrons. The van der Waals surface area contributed by atoms with Crippen LogP contribution in [0.1, 0.15) is 114 Å². The van der Waals surface area contributed by atoms with Crippen LogP contribution in [0.5, 0.6) is 5.75 Å². The van der Waals surface area contributed by atoms with Gasteiger partial charge in [-0.3, -0.25) is 14.4 Å². The smallest absolute Gasteiger partial charge is 0.255 e. The van der Waals surface area contributed by atoms with Gasteiger partial charge in [-0.2, -0.15) is 0 Å². The number of carbonyl (C=O) groups excluding carboxylic acids is 3. The molecule has 3 amide bonds. The van der Waals surface area contributed by atoms with E-state index in [1.54, 1.807) is 42.5 Å². The topological polar surface area (TPSA) is 249 Å². The second-order valence-electron chi connectivity index (χ2n) is 24.4. The molecule has 1 aliphatic carbocycles. The molecule has 6 aromatic carbocycles. The molecule has 83 heavy (non-hydrogen) atoms. The van der Waals surface area contributed by atoms with E-state index in [4.69, 9.17) is 21.9 Å². The highest BCUT2D eigenvalue weighted by molar-refractivity contribution is 6.07. The molecule has 17 heteroatoms. The van der Waals surface area contributed by atoms with Gasteiger partial charge in [0.2, 0.25) is 0 Å². The van der Waals surface area contributed by atoms with Crippen LogP contribution in [0.4, 0.5) is 45.5 Å². The third-order valence-corrected chi connectivity index (χ3v) is 16.8. The van der Waals surface area contributed by atoms with Crippen molar-refractivity contribution < 1.29 is 29.3 Å². The number of ether oxygens (including phenoxy) is 1. The number of piperidine rings is 3. The van der Waals surface area contributed by atoms with E-state index in [1.807, 2.05) is 106 Å². The van der Waals surface area contributed by atoms with Crippen molar-refractivity contribution in [1.29, 1.82) is 0 Å². The highest BCUT2D eigenvalue weighted by Gasteiger charge is 2.41. The molecule has 0 bridgehead atoms. The molecular weight excluding hydrogens is 1040 g/mol. The third kappa shape index (κ3) is 15.9. The lowest BCUT2D eigenvalue weighted by atomic mass is 9.93. The number of nitrogens with one attached hydrogen (secondary N) is 5. The second kappa shape index (κ2) is 25.9. The molecule has 17 nitrogen and oxygen atoms in total. The second-order valence-corrected chi connectivity index (χ2v) is 24.4. The minimum Gasteiger partial charge on any atom is -0.490 e. The summed E-state index contributed by atoms with van der Waals surface area (Å²) < 4.78 is 6.24. The quantitative estimate of drug-likeness (QED) is 0.0302. The lowest BCUT2D eigenvalue weighted by Crippen LogP contribution is -2.47. The fraction of sp³-hybridized carbons (Fsp3) is 0.409. The number of hydrogen-bond acceptors (Lipinski definition) is 14. The van der Waals surface area contributed by atoms with Gasteiger partial charge >= 0.3 is 0 Å². The fourth-order valence-corrected chi connectivity index (χ4v) is 12.2. The number of β-amino-alcohol motifs (C(OH)–C–C–N with tert-alkyl or cyclic N) is 2. The van der Waals surface area contributed by atoms with Gasteiger partial charge in [0, 0.05) is 105 Å². The Balaban J connectivity index is 0.619. The van der Waals surface area contributed by atoms with Crippen molar-refractivity contribution in [3.05, 3.63) is 161 Å². The summed E-state index contributed by atoms with van der Waals surface area (Å²) in [7, 11) is 0. The Hall–Kier alpha value is -7.67. The van der Waals surface area contributed by atoms with E-state index in [2.05, 4.69) is 47.4 Å². The first-order valence-corrected chi connectivity index (χ1v) is 29.5. The van der Waals surface area contributed by atoms with Gasteiger partial charge in [-0.15, -0.1) is 0 Å². The van der Waals surface area contributed by atoms with E-state index in [0.717, 1.165) is 119 Å². The summed E-state index contributed by atoms with van der Waals surface area (Å²) in [5.74, 6) is 0.911. The number of amides is 3. The van der Waals surface area contributed by atoms with Crippen molar-refractivity contribution >= 4 is 63.2 Å². The Morgan fingerprint density at radius 3 is 1.57 bits per heavy atom. The average Bonchev–Trinajstić information content (AvgIpc) is 4.45. The maximum atomic E-state index is 13.5. The van der Waals surface area contributed by atoms with Gasteiger partial charge in [0.05, 0.1) is 45.3 Å². The number of nitrogens with two attached hydrogens (primary N) is 3. The van der Waals surface area contributed by atoms with Gasteiger partial charge in [-0.05, 0) is 186 Å². The molecule has 3 aliphatic heterocycles. The lowest BCUT2D eigenvalue weighted by molar-refractivity contribution is 0.0136. The van der Waals surface area contributed by atoms with Gasteiger partial charge in [-0.25, -0.2) is 0 Å². The minimum absolute atomic E-state index is 0.103. The summed E-state index contributed by atoms with van der Waals surface area (Å²) in [6, 6.07) is 41.6. The van der Waals surface area contributed by atoms with Crippen LogP contribution in [0.15, 0.2) is 133 Å². The Morgan fingerprint density at radius 2 is 1.01 bits per heavy atom. The molecule has 3 heterocycles. The first-order valence-electron chi connectivity index (χ1n) is 29.5. The van der Waals surface area contributed by atoms with Crippen molar-refractivity contribution in [2.24, 2.45) is 5.92 Å². The first kappa shape index (κ1) is 58.5. The van der Waals surface area contributed by atoms with Crippen LogP contribution in [-0.4, -0.2) is 131 Å². The molecule has 6 aromatic rings. The Labute approximate surface area is 488 Å². The molecule has 4 aliphatic rings. The number of aliphatic hydroxyl groups is 2. The van der Waals surface area contributed by atoms with Crippen LogP contribution in [-0.2, 0) is 6.42 Å². The molecular formula is C66H83N11O6. The molecule has 3 unspecified atom stereocenters. The zero-order valence-electron chi connectivity index (χ0n) is 48.2. The van der Waals surface area contributed by atoms with E-state index in [9.17, 15) is 24.6 Å². The van der Waals surface area contributed by atoms with E-state index in [1.165, 1.54) is 0 Å². The van der Waals surface area contributed by atoms with E-state index < -0.39 is 11.2 Å². The number of anilines is 8. The van der Waals surface area contributed by atoms with Crippen molar-refractivity contribution in [3.63, 3.8) is 0 Å². The van der Waals surface area contributed by atoms with Crippen molar-refractivity contribution in [2.45, 2.75) is 107 Å². The molecule has 10 rings (SSSR count). The van der Waals surface area contributed by atoms with Gasteiger partial charge in [0.25, 0.3) is 17.7 Å². The summed E-state index contributed by atoms with van der Waals surface area (Å²) >= 11 is 0. The number of likely N-dealkylation sites (tertiary alicyclic amines) is 3. The van der Waals surface area contributed by atoms with Crippen molar-refractivity contribution in [1.82, 2.24) is 14.7 Å². The number of hydrogen-bond donors (Lipinski definition) is 10. The zero-order valence-corrected chi connectivity index (χ0v) is 48.2. The summed E-state index contributed by atoms with van der Waals surface area (Å²) in [5, 5.41) is 38.1. The van der Waals surface area contributed by atoms with Gasteiger partial charge < -0.3 is 73.4 Å². The largest absolute Gasteiger partial charge is 0.490 e. The fourth-order valence-electron chi connectivity index (χ4n) is 12.2. The summed E-state index contributed by atoms with van der Waals surface area (Å²) in [4.78, 5) is 46.8. The molecule has 3 saturated heterocycles. The standard InChI is InChI=1S/C66H83N11O6/c1-65(2,81)41-76-36-30-53(31-37-76)83-52-24-18-45(19-25-52)64(80)74-59-13-7-9-54(61(59)69)55-38-47(55)40-75-32-26-50(27-33-75)70-48-22-16-44(17-23-48)63(79)73-58-12-6-8-46(60(58)68)39-66(3,82)42-77-34-28-51(29-35-77)71-49-20-14-43(15-21-49)62(78)72-57-11-5-4-10-56(57)67/h4-25,47,50-51,53,55,70-71,81-82H,26-42,67-69H2,1-3H3,(H,72,78)(H,73,79)(H,74,80). The number of benzene rings is 6. The van der Waals surface area contributed by atoms with Crippen molar-refractivity contribution in [2.75, 3.05) is 103 Å². The van der Waals surface area contributed by atoms with Crippen LogP contribution in [0, 0.1) is 5.92 Å². The number of para-hydroxylation sites is 4. The van der Waals surface area contributed by atoms with Gasteiger partial charge in [0.1, 0.15) is 11.9 Å². The summed E-state index contributed by atoms with van der Waals surface area (Å²) in [6.07, 6.45) is 7.09. The van der Waals surface area contributed by atoms with Gasteiger partial charge in [-0.1, -0.05) is 36.4 Å². The molecule has 13 N–H and O–H groups in total. The number of nitrogens with zero attached hydrogens (tertiary/aromatic N) is 3. The Bertz CT molecular complexity index is 3180. The van der Waals surface area contributed by atoms with Crippen LogP contribution < -0.4 is 48.5 Å². The highest BCUT2D eigenvalue weighted by Crippen LogP contribution is 2.51. The van der Waals surface area contributed by atoms with Gasteiger partial charge in [0.15, 0.2) is 0 Å². The molecule has 0 radical (unpaired) electrons. The van der Waals surface area contributed by atoms with E-state index in [0.29, 0.717) is 88.2 Å². The molecule has 1 saturated carbocycles. The summed E-state index contributed by atoms with van der Waals surface area (Å²) in [6.45, 7) is 13.0. The lowest BCUT2D eigenvalue weighted by Gasteiger charge is -2.37. The number of carbonyl (C=O) groups is 3. The SMILES string of the molecule is CC(C)(O)CN1CCC(Oc2ccc(C(=O)Nc3cccc(C4CC4CN4CCC(Nc5ccc(C(=O)Nc6cccc(CC(C)(O)CN7CCC(Nc8ccc(C(=O)Nc9ccccc9N)cc8)CC7)c6N)cc5)CC4)c3N)cc2)CC1. The third-order valence-electron chi connectivity index (χ3n) is 16.8. The summed E-state index contributed by atoms with van der Waals surface area (Å²) in [5.41, 5.74) is 26.3. The van der Waals surface area contributed by atoms with Crippen molar-refractivity contribution in [3.8, 4) is 5.75 Å². The minimum atomic E-state index is -1.06. The molecule has 0 aromatic heterocycles. The zero-order chi connectivity index (χ0) is 58.3. The maximum absolute atomic E-state index is 13.5. The Kier molecular flexibility index (Phi) is 18.2. The normalized spacial score (nSPS) is 19.3. The highest BCUT2D eigenvalue weighted by atomic mass is 16.5. The Morgan fingerprint density at radius 1 is 0.542 bits per heavy atom. The van der Waals surface area contributed by atoms with Crippen LogP contribution in [0.25, 0.3) is 0 Å². The number of rotatable bonds is 21. The molecule has 3 atom stereocenters. The van der Waals surface area contributed by atoms with E-state index >= 15 is 0 Å². The molecule has 4 fully saturated rings. The average molecular weight is 1130 g/mol. The maximum Gasteiger partial charge on any atom is 0.255 e. The van der Waals surface area contributed by atoms with Crippen LogP contribution in [0.2, 0.25) is 0 Å². The monoisotopic (exact) mass is 1130 g/mol. The van der Waals surface area contributed by atoms with E-state index in [-0.39, 0.29) is 29.9 Å². The predicted molar refractivity (Wildman–Crippen MR) is 333 cm³/mol. The van der Waals surface area contributed by atoms with Crippen LogP contribution in [0.3, 0.4) is 0 Å². The first-order chi connectivity index (χ1) is 39.9. The number of nitrogen functional groups attached to an aromatic ring is 3. The van der Waals surface area contributed by atoms with Crippen LogP contribution >= 0.6 is 0 Å².